The molecule has 0 saturated carbocycles. The van der Waals surface area contributed by atoms with Gasteiger partial charge in [0.2, 0.25) is 0 Å². The molecule has 0 aliphatic carbocycles. The van der Waals surface area contributed by atoms with Gasteiger partial charge in [0.1, 0.15) is 5.82 Å². The molecule has 2 aromatic rings. The van der Waals surface area contributed by atoms with E-state index >= 15 is 0 Å². The van der Waals surface area contributed by atoms with Gasteiger partial charge in [0.15, 0.2) is 0 Å². The van der Waals surface area contributed by atoms with E-state index in [1.165, 1.54) is 6.07 Å². The van der Waals surface area contributed by atoms with Crippen molar-refractivity contribution in [3.8, 4) is 0 Å². The second-order valence-corrected chi connectivity index (χ2v) is 5.36. The summed E-state index contributed by atoms with van der Waals surface area (Å²) in [5.41, 5.74) is 10.4. The van der Waals surface area contributed by atoms with Crippen molar-refractivity contribution >= 4 is 5.69 Å². The Morgan fingerprint density at radius 1 is 1.29 bits per heavy atom. The molecule has 0 fully saturated rings. The molecule has 0 radical (unpaired) electrons. The molecule has 0 aliphatic heterocycles. The summed E-state index contributed by atoms with van der Waals surface area (Å²) >= 11 is 0. The van der Waals surface area contributed by atoms with Crippen LogP contribution in [-0.2, 0) is 6.54 Å². The van der Waals surface area contributed by atoms with Gasteiger partial charge in [-0.2, -0.15) is 0 Å². The fraction of sp³-hybridized carbons (Fsp3) is 0.353. The number of anilines is 1. The van der Waals surface area contributed by atoms with Gasteiger partial charge >= 0.3 is 0 Å². The lowest BCUT2D eigenvalue weighted by Gasteiger charge is -2.30. The summed E-state index contributed by atoms with van der Waals surface area (Å²) in [4.78, 5) is 6.51. The first-order valence-corrected chi connectivity index (χ1v) is 7.10. The van der Waals surface area contributed by atoms with Gasteiger partial charge in [0.25, 0.3) is 0 Å². The molecule has 1 heterocycles. The van der Waals surface area contributed by atoms with Gasteiger partial charge in [0, 0.05) is 41.8 Å². The minimum atomic E-state index is -0.186. The third-order valence-electron chi connectivity index (χ3n) is 3.96. The number of aryl methyl sites for hydroxylation is 2. The van der Waals surface area contributed by atoms with Gasteiger partial charge in [-0.15, -0.1) is 0 Å². The average Bonchev–Trinajstić information content (AvgIpc) is 2.45. The molecule has 0 spiro atoms. The first kappa shape index (κ1) is 15.4. The van der Waals surface area contributed by atoms with Crippen molar-refractivity contribution in [2.45, 2.75) is 33.4 Å². The fourth-order valence-corrected chi connectivity index (χ4v) is 2.63. The number of halogens is 1. The second kappa shape index (κ2) is 6.22. The fourth-order valence-electron chi connectivity index (χ4n) is 2.63. The predicted octanol–water partition coefficient (Wildman–Crippen LogP) is 3.49. The Bertz CT molecular complexity index is 640. The van der Waals surface area contributed by atoms with Gasteiger partial charge in [-0.05, 0) is 32.9 Å². The highest BCUT2D eigenvalue weighted by Crippen LogP contribution is 2.30. The minimum Gasteiger partial charge on any atom is -0.367 e. The maximum absolute atomic E-state index is 14.0. The van der Waals surface area contributed by atoms with Gasteiger partial charge in [-0.3, -0.25) is 4.98 Å². The third-order valence-corrected chi connectivity index (χ3v) is 3.96. The molecule has 1 aromatic carbocycles. The number of hydrogen-bond acceptors (Lipinski definition) is 3. The molecular formula is C17H22FN3. The zero-order chi connectivity index (χ0) is 15.6. The minimum absolute atomic E-state index is 0.0855. The van der Waals surface area contributed by atoms with Gasteiger partial charge in [0.05, 0.1) is 6.04 Å². The van der Waals surface area contributed by atoms with E-state index in [0.717, 1.165) is 22.6 Å². The summed E-state index contributed by atoms with van der Waals surface area (Å²) in [7, 11) is 1.96. The van der Waals surface area contributed by atoms with Crippen LogP contribution < -0.4 is 10.6 Å². The number of benzene rings is 1. The molecule has 3 nitrogen and oxygen atoms in total. The van der Waals surface area contributed by atoms with Crippen LogP contribution in [0.4, 0.5) is 10.1 Å². The SMILES string of the molecule is Cc1cc(N(C)C(C)c2ccccc2F)c(CN)c(C)n1. The molecule has 1 aromatic heterocycles. The zero-order valence-corrected chi connectivity index (χ0v) is 13.0. The molecule has 1 atom stereocenters. The molecule has 1 unspecified atom stereocenters. The molecular weight excluding hydrogens is 265 g/mol. The van der Waals surface area contributed by atoms with Crippen LogP contribution in [0.25, 0.3) is 0 Å². The highest BCUT2D eigenvalue weighted by molar-refractivity contribution is 5.57. The van der Waals surface area contributed by atoms with E-state index < -0.39 is 0 Å². The van der Waals surface area contributed by atoms with E-state index in [1.54, 1.807) is 6.07 Å². The van der Waals surface area contributed by atoms with Crippen molar-refractivity contribution < 1.29 is 4.39 Å². The predicted molar refractivity (Wildman–Crippen MR) is 84.8 cm³/mol. The number of aromatic nitrogens is 1. The van der Waals surface area contributed by atoms with Crippen LogP contribution >= 0.6 is 0 Å². The Balaban J connectivity index is 2.45. The molecule has 2 rings (SSSR count). The first-order valence-electron chi connectivity index (χ1n) is 7.10. The summed E-state index contributed by atoms with van der Waals surface area (Å²) in [6.45, 7) is 6.32. The van der Waals surface area contributed by atoms with Crippen molar-refractivity contribution in [2.24, 2.45) is 5.73 Å². The highest BCUT2D eigenvalue weighted by Gasteiger charge is 2.19. The van der Waals surface area contributed by atoms with Crippen LogP contribution in [0.2, 0.25) is 0 Å². The maximum Gasteiger partial charge on any atom is 0.128 e. The standard InChI is InChI=1S/C17H22FN3/c1-11-9-17(15(10-19)12(2)20-11)21(4)13(3)14-7-5-6-8-16(14)18/h5-9,13H,10,19H2,1-4H3. The van der Waals surface area contributed by atoms with E-state index in [2.05, 4.69) is 9.88 Å². The Morgan fingerprint density at radius 3 is 2.57 bits per heavy atom. The molecule has 0 saturated heterocycles. The number of pyridine rings is 1. The van der Waals surface area contributed by atoms with Crippen LogP contribution in [0.3, 0.4) is 0 Å². The van der Waals surface area contributed by atoms with Crippen LogP contribution in [0.15, 0.2) is 30.3 Å². The number of rotatable bonds is 4. The lowest BCUT2D eigenvalue weighted by molar-refractivity contribution is 0.585. The molecule has 112 valence electrons. The van der Waals surface area contributed by atoms with Crippen molar-refractivity contribution in [1.29, 1.82) is 0 Å². The molecule has 4 heteroatoms. The molecule has 0 bridgehead atoms. The van der Waals surface area contributed by atoms with Crippen molar-refractivity contribution in [2.75, 3.05) is 11.9 Å². The quantitative estimate of drug-likeness (QED) is 0.936. The van der Waals surface area contributed by atoms with Crippen LogP contribution in [-0.4, -0.2) is 12.0 Å². The normalized spacial score (nSPS) is 12.3. The lowest BCUT2D eigenvalue weighted by Crippen LogP contribution is -2.25. The molecule has 0 amide bonds. The number of nitrogens with two attached hydrogens (primary N) is 1. The average molecular weight is 287 g/mol. The molecule has 21 heavy (non-hydrogen) atoms. The summed E-state index contributed by atoms with van der Waals surface area (Å²) in [6.07, 6.45) is 0. The lowest BCUT2D eigenvalue weighted by atomic mass is 10.0. The topological polar surface area (TPSA) is 42.1 Å². The third kappa shape index (κ3) is 3.05. The van der Waals surface area contributed by atoms with Gasteiger partial charge in [-0.1, -0.05) is 18.2 Å². The van der Waals surface area contributed by atoms with Gasteiger partial charge < -0.3 is 10.6 Å². The first-order chi connectivity index (χ1) is 9.95. The van der Waals surface area contributed by atoms with E-state index in [-0.39, 0.29) is 11.9 Å². The molecule has 0 aliphatic rings. The highest BCUT2D eigenvalue weighted by atomic mass is 19.1. The number of nitrogens with zero attached hydrogens (tertiary/aromatic N) is 2. The Hall–Kier alpha value is -1.94. The largest absolute Gasteiger partial charge is 0.367 e. The monoisotopic (exact) mass is 287 g/mol. The van der Waals surface area contributed by atoms with Crippen molar-refractivity contribution in [1.82, 2.24) is 4.98 Å². The Morgan fingerprint density at radius 2 is 1.95 bits per heavy atom. The zero-order valence-electron chi connectivity index (χ0n) is 13.0. The summed E-state index contributed by atoms with van der Waals surface area (Å²) in [5.74, 6) is -0.186. The van der Waals surface area contributed by atoms with Crippen molar-refractivity contribution in [3.63, 3.8) is 0 Å². The van der Waals surface area contributed by atoms with E-state index in [4.69, 9.17) is 5.73 Å². The van der Waals surface area contributed by atoms with E-state index in [1.807, 2.05) is 46.0 Å². The van der Waals surface area contributed by atoms with E-state index in [9.17, 15) is 4.39 Å². The summed E-state index contributed by atoms with van der Waals surface area (Å²) in [5, 5.41) is 0. The van der Waals surface area contributed by atoms with Crippen LogP contribution in [0.5, 0.6) is 0 Å². The molecule has 2 N–H and O–H groups in total. The maximum atomic E-state index is 14.0. The Kier molecular flexibility index (Phi) is 4.58. The Labute approximate surface area is 125 Å². The summed E-state index contributed by atoms with van der Waals surface area (Å²) in [6, 6.07) is 8.80. The van der Waals surface area contributed by atoms with Crippen LogP contribution in [0.1, 0.15) is 35.5 Å². The summed E-state index contributed by atoms with van der Waals surface area (Å²) < 4.78 is 14.0. The van der Waals surface area contributed by atoms with Crippen LogP contribution in [0, 0.1) is 19.7 Å². The van der Waals surface area contributed by atoms with Crippen molar-refractivity contribution in [3.05, 3.63) is 58.7 Å². The smallest absolute Gasteiger partial charge is 0.128 e. The van der Waals surface area contributed by atoms with E-state index in [0.29, 0.717) is 12.1 Å². The number of hydrogen-bond donors (Lipinski definition) is 1. The van der Waals surface area contributed by atoms with Gasteiger partial charge in [-0.25, -0.2) is 4.39 Å². The second-order valence-electron chi connectivity index (χ2n) is 5.36.